The number of nitrogens with zero attached hydrogens (tertiary/aromatic N) is 4. The molecule has 9 heteroatoms. The van der Waals surface area contributed by atoms with Crippen LogP contribution in [0.1, 0.15) is 20.8 Å². The number of hydrogen-bond donors (Lipinski definition) is 2. The van der Waals surface area contributed by atoms with Gasteiger partial charge in [-0.1, -0.05) is 11.6 Å². The summed E-state index contributed by atoms with van der Waals surface area (Å²) in [6.07, 6.45) is -4.80. The maximum atomic E-state index is 9.62. The summed E-state index contributed by atoms with van der Waals surface area (Å²) in [5.74, 6) is -0.174. The molecule has 3 rings (SSSR count). The standard InChI is InChI=1S/C11H14ClN5O3/c1-19-6-2-5(3-18)20-10(6)17-4-14-7-8(12)15-11(13)16-9(7)17/h4-6,10,18H,2-3H2,1H3,(H2,13,15,16)/t5-,6+,10+/m0/s1/i1D3,2T,3D2/t2-,5+,6-,10-/m1. The second kappa shape index (κ2) is 5.13. The molecule has 1 saturated heterocycles. The molecule has 0 unspecified atom stereocenters. The fourth-order valence-corrected chi connectivity index (χ4v) is 2.24. The van der Waals surface area contributed by atoms with Gasteiger partial charge in [-0.25, -0.2) is 4.98 Å². The fourth-order valence-electron chi connectivity index (χ4n) is 2.02. The number of nitrogen functional groups attached to an aromatic ring is 1. The second-order valence-corrected chi connectivity index (χ2v) is 4.41. The zero-order valence-corrected chi connectivity index (χ0v) is 10.7. The topological polar surface area (TPSA) is 108 Å². The van der Waals surface area contributed by atoms with Gasteiger partial charge in [-0.3, -0.25) is 4.57 Å². The van der Waals surface area contributed by atoms with E-state index in [1.807, 2.05) is 0 Å². The van der Waals surface area contributed by atoms with Gasteiger partial charge in [0.05, 0.1) is 25.8 Å². The summed E-state index contributed by atoms with van der Waals surface area (Å²) >= 11 is 5.95. The van der Waals surface area contributed by atoms with Crippen LogP contribution in [0.15, 0.2) is 6.33 Å². The highest BCUT2D eigenvalue weighted by Gasteiger charge is 2.37. The number of imidazole rings is 1. The first-order chi connectivity index (χ1) is 11.9. The molecule has 108 valence electrons. The molecule has 0 saturated carbocycles. The zero-order valence-electron chi connectivity index (χ0n) is 15.9. The summed E-state index contributed by atoms with van der Waals surface area (Å²) in [6.45, 7) is -2.90. The molecule has 4 atom stereocenters. The summed E-state index contributed by atoms with van der Waals surface area (Å²) in [6, 6.07) is 0. The lowest BCUT2D eigenvalue weighted by Crippen LogP contribution is -2.21. The van der Waals surface area contributed by atoms with Crippen molar-refractivity contribution >= 4 is 28.7 Å². The third kappa shape index (κ3) is 2.10. The summed E-state index contributed by atoms with van der Waals surface area (Å²) in [4.78, 5) is 11.7. The first kappa shape index (κ1) is 8.08. The fraction of sp³-hybridized carbons (Fsp3) is 0.545. The van der Waals surface area contributed by atoms with Crippen molar-refractivity contribution in [2.75, 3.05) is 19.3 Å². The summed E-state index contributed by atoms with van der Waals surface area (Å²) in [7, 11) is -2.88. The highest BCUT2D eigenvalue weighted by molar-refractivity contribution is 6.33. The van der Waals surface area contributed by atoms with E-state index in [-0.39, 0.29) is 22.3 Å². The average Bonchev–Trinajstić information content (AvgIpc) is 2.99. The first-order valence-corrected chi connectivity index (χ1v) is 5.90. The number of aliphatic hydroxyl groups is 1. The highest BCUT2D eigenvalue weighted by atomic mass is 35.5. The molecule has 2 aromatic heterocycles. The Kier molecular flexibility index (Phi) is 2.07. The van der Waals surface area contributed by atoms with Gasteiger partial charge in [-0.2, -0.15) is 9.97 Å². The molecule has 1 fully saturated rings. The quantitative estimate of drug-likeness (QED) is 0.788. The second-order valence-electron chi connectivity index (χ2n) is 4.05. The van der Waals surface area contributed by atoms with Crippen LogP contribution in [0.2, 0.25) is 5.15 Å². The largest absolute Gasteiger partial charge is 0.394 e. The van der Waals surface area contributed by atoms with Crippen molar-refractivity contribution < 1.29 is 22.8 Å². The molecule has 0 bridgehead atoms. The number of halogens is 1. The van der Waals surface area contributed by atoms with Crippen LogP contribution < -0.4 is 5.73 Å². The van der Waals surface area contributed by atoms with Crippen LogP contribution in [0, 0.1) is 0 Å². The maximum absolute atomic E-state index is 9.62. The van der Waals surface area contributed by atoms with Crippen LogP contribution in [0.25, 0.3) is 11.2 Å². The van der Waals surface area contributed by atoms with Crippen molar-refractivity contribution in [2.24, 2.45) is 0 Å². The van der Waals surface area contributed by atoms with E-state index in [1.165, 1.54) is 10.9 Å². The Bertz CT molecular complexity index is 827. The Labute approximate surface area is 127 Å². The average molecular weight is 307 g/mol. The molecular formula is C11H14ClN5O3. The molecule has 8 nitrogen and oxygen atoms in total. The van der Waals surface area contributed by atoms with E-state index in [1.54, 1.807) is 0 Å². The number of anilines is 1. The number of rotatable bonds is 3. The third-order valence-electron chi connectivity index (χ3n) is 2.87. The van der Waals surface area contributed by atoms with Gasteiger partial charge in [0, 0.05) is 14.8 Å². The number of hydrogen-bond acceptors (Lipinski definition) is 7. The van der Waals surface area contributed by atoms with Crippen molar-refractivity contribution in [2.45, 2.75) is 24.8 Å². The van der Waals surface area contributed by atoms with E-state index < -0.39 is 38.4 Å². The third-order valence-corrected chi connectivity index (χ3v) is 3.13. The lowest BCUT2D eigenvalue weighted by Gasteiger charge is -2.18. The van der Waals surface area contributed by atoms with Crippen LogP contribution in [0.5, 0.6) is 0 Å². The van der Waals surface area contributed by atoms with Crippen LogP contribution in [0.3, 0.4) is 0 Å². The number of nitrogens with two attached hydrogens (primary N) is 1. The van der Waals surface area contributed by atoms with E-state index >= 15 is 0 Å². The van der Waals surface area contributed by atoms with Gasteiger partial charge in [0.15, 0.2) is 17.0 Å². The molecule has 0 aliphatic carbocycles. The molecule has 2 aromatic rings. The van der Waals surface area contributed by atoms with Gasteiger partial charge in [0.1, 0.15) is 11.6 Å². The molecule has 1 aliphatic rings. The van der Waals surface area contributed by atoms with E-state index in [9.17, 15) is 5.11 Å². The van der Waals surface area contributed by atoms with Crippen LogP contribution in [0.4, 0.5) is 5.95 Å². The predicted octanol–water partition coefficient (Wildman–Crippen LogP) is 0.357. The molecule has 3 heterocycles. The normalized spacial score (nSPS) is 35.9. The van der Waals surface area contributed by atoms with Gasteiger partial charge in [0.2, 0.25) is 5.95 Å². The summed E-state index contributed by atoms with van der Waals surface area (Å²) in [5, 5.41) is 9.57. The molecular weight excluding hydrogens is 286 g/mol. The molecule has 0 amide bonds. The van der Waals surface area contributed by atoms with Gasteiger partial charge in [-0.05, 0) is 0 Å². The minimum atomic E-state index is -2.90. The smallest absolute Gasteiger partial charge is 0.223 e. The van der Waals surface area contributed by atoms with E-state index in [0.717, 1.165) is 0 Å². The lowest BCUT2D eigenvalue weighted by molar-refractivity contribution is -0.0583. The number of aromatic nitrogens is 4. The van der Waals surface area contributed by atoms with Crippen molar-refractivity contribution in [1.82, 2.24) is 19.5 Å². The summed E-state index contributed by atoms with van der Waals surface area (Å²) < 4.78 is 56.3. The Morgan fingerprint density at radius 2 is 2.70 bits per heavy atom. The molecule has 1 aliphatic heterocycles. The van der Waals surface area contributed by atoms with Gasteiger partial charge in [0.25, 0.3) is 0 Å². The van der Waals surface area contributed by atoms with Gasteiger partial charge in [-0.15, -0.1) is 0 Å². The van der Waals surface area contributed by atoms with E-state index in [2.05, 4.69) is 15.0 Å². The Morgan fingerprint density at radius 1 is 1.85 bits per heavy atom. The minimum Gasteiger partial charge on any atom is -0.394 e. The van der Waals surface area contributed by atoms with Crippen molar-refractivity contribution in [3.05, 3.63) is 11.5 Å². The van der Waals surface area contributed by atoms with Crippen LogP contribution >= 0.6 is 11.6 Å². The molecule has 0 aromatic carbocycles. The lowest BCUT2D eigenvalue weighted by atomic mass is 10.2. The van der Waals surface area contributed by atoms with Crippen molar-refractivity contribution in [3.63, 3.8) is 0 Å². The number of ether oxygens (including phenoxy) is 2. The predicted molar refractivity (Wildman–Crippen MR) is 71.2 cm³/mol. The van der Waals surface area contributed by atoms with E-state index in [4.69, 9.17) is 35.0 Å². The Morgan fingerprint density at radius 3 is 3.45 bits per heavy atom. The highest BCUT2D eigenvalue weighted by Crippen LogP contribution is 2.33. The summed E-state index contributed by atoms with van der Waals surface area (Å²) in [5.41, 5.74) is 5.79. The van der Waals surface area contributed by atoms with Crippen molar-refractivity contribution in [3.8, 4) is 0 Å². The zero-order chi connectivity index (χ0) is 19.4. The van der Waals surface area contributed by atoms with Crippen molar-refractivity contribution in [1.29, 1.82) is 0 Å². The molecule has 20 heavy (non-hydrogen) atoms. The minimum absolute atomic E-state index is 0.0472. The van der Waals surface area contributed by atoms with Crippen LogP contribution in [-0.2, 0) is 9.47 Å². The van der Waals surface area contributed by atoms with E-state index in [0.29, 0.717) is 0 Å². The number of methoxy groups -OCH3 is 1. The Balaban J connectivity index is 2.09. The van der Waals surface area contributed by atoms with Gasteiger partial charge >= 0.3 is 0 Å². The number of fused-ring (bicyclic) bond motifs is 1. The Hall–Kier alpha value is -1.48. The first-order valence-electron chi connectivity index (χ1n) is 8.59. The molecule has 3 N–H and O–H groups in total. The van der Waals surface area contributed by atoms with Gasteiger partial charge < -0.3 is 20.3 Å². The molecule has 0 spiro atoms. The molecule has 0 radical (unpaired) electrons. The SMILES string of the molecule is [2H]C([2H])([2H])O[C@@H]1[C@H]([3H])[C@@H](C([2H])([2H])O)O[C@H]1n1cnc2c(Cl)nc(N)nc21. The monoisotopic (exact) mass is 306 g/mol. The maximum Gasteiger partial charge on any atom is 0.223 e. The van der Waals surface area contributed by atoms with Crippen LogP contribution in [-0.4, -0.2) is 50.4 Å².